The van der Waals surface area contributed by atoms with Crippen molar-refractivity contribution in [1.82, 2.24) is 5.32 Å². The van der Waals surface area contributed by atoms with Gasteiger partial charge in [0.1, 0.15) is 0 Å². The Labute approximate surface area is 104 Å². The number of ether oxygens (including phenoxy) is 1. The molecule has 0 fully saturated rings. The van der Waals surface area contributed by atoms with E-state index >= 15 is 0 Å². The summed E-state index contributed by atoms with van der Waals surface area (Å²) in [5.74, 6) is 0. The predicted molar refractivity (Wildman–Crippen MR) is 70.0 cm³/mol. The molecule has 2 N–H and O–H groups in total. The third-order valence-corrected chi connectivity index (χ3v) is 2.83. The van der Waals surface area contributed by atoms with Gasteiger partial charge < -0.3 is 15.2 Å². The van der Waals surface area contributed by atoms with Gasteiger partial charge >= 0.3 is 0 Å². The molecule has 0 unspecified atom stereocenters. The fourth-order valence-electron chi connectivity index (χ4n) is 1.95. The van der Waals surface area contributed by atoms with Gasteiger partial charge in [0.15, 0.2) is 0 Å². The van der Waals surface area contributed by atoms with Crippen molar-refractivity contribution in [3.63, 3.8) is 0 Å². The van der Waals surface area contributed by atoms with Crippen molar-refractivity contribution >= 4 is 0 Å². The number of aliphatic hydroxyl groups is 1. The van der Waals surface area contributed by atoms with Gasteiger partial charge in [-0.25, -0.2) is 0 Å². The highest BCUT2D eigenvalue weighted by Gasteiger charge is 2.15. The van der Waals surface area contributed by atoms with Gasteiger partial charge in [0.05, 0.1) is 19.3 Å². The van der Waals surface area contributed by atoms with E-state index in [0.29, 0.717) is 6.61 Å². The van der Waals surface area contributed by atoms with Crippen molar-refractivity contribution in [2.75, 3.05) is 20.3 Å². The molecule has 1 rings (SSSR count). The highest BCUT2D eigenvalue weighted by molar-refractivity contribution is 5.19. The normalized spacial score (nSPS) is 14.5. The second-order valence-electron chi connectivity index (χ2n) is 4.25. The van der Waals surface area contributed by atoms with Gasteiger partial charge in [-0.3, -0.25) is 0 Å². The largest absolute Gasteiger partial charge is 0.395 e. The van der Waals surface area contributed by atoms with Crippen LogP contribution in [0.1, 0.15) is 31.4 Å². The zero-order valence-electron chi connectivity index (χ0n) is 10.7. The summed E-state index contributed by atoms with van der Waals surface area (Å²) in [5.41, 5.74) is 1.20. The van der Waals surface area contributed by atoms with Gasteiger partial charge in [0.2, 0.25) is 0 Å². The summed E-state index contributed by atoms with van der Waals surface area (Å²) >= 11 is 0. The van der Waals surface area contributed by atoms with Crippen molar-refractivity contribution < 1.29 is 9.84 Å². The molecule has 17 heavy (non-hydrogen) atoms. The summed E-state index contributed by atoms with van der Waals surface area (Å²) < 4.78 is 5.24. The van der Waals surface area contributed by atoms with Crippen LogP contribution < -0.4 is 5.32 Å². The molecule has 3 nitrogen and oxygen atoms in total. The number of rotatable bonds is 8. The minimum atomic E-state index is 0.139. The summed E-state index contributed by atoms with van der Waals surface area (Å²) in [6.07, 6.45) is 2.04. The Morgan fingerprint density at radius 2 is 2.00 bits per heavy atom. The minimum Gasteiger partial charge on any atom is -0.395 e. The summed E-state index contributed by atoms with van der Waals surface area (Å²) in [7, 11) is 1.70. The Hall–Kier alpha value is -0.900. The van der Waals surface area contributed by atoms with E-state index < -0.39 is 0 Å². The summed E-state index contributed by atoms with van der Waals surface area (Å²) in [4.78, 5) is 0. The lowest BCUT2D eigenvalue weighted by Crippen LogP contribution is -2.37. The van der Waals surface area contributed by atoms with Gasteiger partial charge in [-0.2, -0.15) is 0 Å². The fourth-order valence-corrected chi connectivity index (χ4v) is 1.95. The molecule has 0 radical (unpaired) electrons. The Bertz CT molecular complexity index is 290. The fraction of sp³-hybridized carbons (Fsp3) is 0.571. The first kappa shape index (κ1) is 14.2. The molecule has 0 aliphatic rings. The number of nitrogens with one attached hydrogen (secondary N) is 1. The van der Waals surface area contributed by atoms with Crippen LogP contribution >= 0.6 is 0 Å². The van der Waals surface area contributed by atoms with Crippen molar-refractivity contribution in [2.24, 2.45) is 0 Å². The lowest BCUT2D eigenvalue weighted by atomic mass is 10.1. The van der Waals surface area contributed by atoms with Crippen LogP contribution in [0.25, 0.3) is 0 Å². The average molecular weight is 237 g/mol. The third-order valence-electron chi connectivity index (χ3n) is 2.83. The molecular formula is C14H23NO2. The maximum Gasteiger partial charge on any atom is 0.0657 e. The summed E-state index contributed by atoms with van der Waals surface area (Å²) in [5, 5.41) is 12.8. The van der Waals surface area contributed by atoms with E-state index in [1.807, 2.05) is 18.2 Å². The van der Waals surface area contributed by atoms with E-state index in [1.54, 1.807) is 7.11 Å². The van der Waals surface area contributed by atoms with Crippen LogP contribution in [0.15, 0.2) is 30.3 Å². The van der Waals surface area contributed by atoms with Crippen LogP contribution in [0.5, 0.6) is 0 Å². The van der Waals surface area contributed by atoms with Gasteiger partial charge in [0.25, 0.3) is 0 Å². The average Bonchev–Trinajstić information content (AvgIpc) is 2.38. The zero-order valence-corrected chi connectivity index (χ0v) is 10.7. The highest BCUT2D eigenvalue weighted by atomic mass is 16.5. The maximum atomic E-state index is 9.32. The lowest BCUT2D eigenvalue weighted by Gasteiger charge is -2.24. The first-order valence-corrected chi connectivity index (χ1v) is 6.22. The van der Waals surface area contributed by atoms with Gasteiger partial charge in [-0.05, 0) is 12.0 Å². The lowest BCUT2D eigenvalue weighted by molar-refractivity contribution is 0.146. The SMILES string of the molecule is CCC[C@@H](CO)N[C@@H](COC)c1ccccc1. The van der Waals surface area contributed by atoms with E-state index in [-0.39, 0.29) is 18.7 Å². The molecule has 0 aliphatic heterocycles. The molecule has 0 amide bonds. The topological polar surface area (TPSA) is 41.5 Å². The van der Waals surface area contributed by atoms with Crippen molar-refractivity contribution in [2.45, 2.75) is 31.8 Å². The van der Waals surface area contributed by atoms with Crippen LogP contribution in [0, 0.1) is 0 Å². The van der Waals surface area contributed by atoms with E-state index in [0.717, 1.165) is 12.8 Å². The second-order valence-corrected chi connectivity index (χ2v) is 4.25. The molecule has 0 bridgehead atoms. The third kappa shape index (κ3) is 4.86. The predicted octanol–water partition coefficient (Wildman–Crippen LogP) is 2.12. The van der Waals surface area contributed by atoms with Gasteiger partial charge in [-0.15, -0.1) is 0 Å². The Morgan fingerprint density at radius 3 is 2.53 bits per heavy atom. The summed E-state index contributed by atoms with van der Waals surface area (Å²) in [6, 6.07) is 10.5. The zero-order chi connectivity index (χ0) is 12.5. The van der Waals surface area contributed by atoms with Crippen LogP contribution in [0.3, 0.4) is 0 Å². The molecule has 0 heterocycles. The maximum absolute atomic E-state index is 9.32. The molecule has 3 heteroatoms. The standard InChI is InChI=1S/C14H23NO2/c1-3-7-13(10-16)15-14(11-17-2)12-8-5-4-6-9-12/h4-6,8-9,13-16H,3,7,10-11H2,1-2H3/t13-,14-/m0/s1. The van der Waals surface area contributed by atoms with Crippen molar-refractivity contribution in [3.05, 3.63) is 35.9 Å². The molecule has 0 spiro atoms. The van der Waals surface area contributed by atoms with Crippen LogP contribution in [-0.4, -0.2) is 31.5 Å². The van der Waals surface area contributed by atoms with Gasteiger partial charge in [-0.1, -0.05) is 43.7 Å². The summed E-state index contributed by atoms with van der Waals surface area (Å²) in [6.45, 7) is 2.91. The first-order chi connectivity index (χ1) is 8.31. The van der Waals surface area contributed by atoms with Gasteiger partial charge in [0, 0.05) is 13.2 Å². The number of methoxy groups -OCH3 is 1. The minimum absolute atomic E-state index is 0.139. The molecular weight excluding hydrogens is 214 g/mol. The van der Waals surface area contributed by atoms with E-state index in [9.17, 15) is 5.11 Å². The number of benzene rings is 1. The van der Waals surface area contributed by atoms with E-state index in [4.69, 9.17) is 4.74 Å². The second kappa shape index (κ2) is 8.23. The molecule has 0 saturated carbocycles. The Kier molecular flexibility index (Phi) is 6.86. The Morgan fingerprint density at radius 1 is 1.29 bits per heavy atom. The molecule has 2 atom stereocenters. The Balaban J connectivity index is 2.65. The molecule has 0 saturated heterocycles. The quantitative estimate of drug-likeness (QED) is 0.727. The molecule has 1 aromatic rings. The van der Waals surface area contributed by atoms with E-state index in [1.165, 1.54) is 5.56 Å². The molecule has 96 valence electrons. The van der Waals surface area contributed by atoms with Crippen molar-refractivity contribution in [3.8, 4) is 0 Å². The molecule has 0 aromatic heterocycles. The number of aliphatic hydroxyl groups excluding tert-OH is 1. The monoisotopic (exact) mass is 237 g/mol. The highest BCUT2D eigenvalue weighted by Crippen LogP contribution is 2.14. The first-order valence-electron chi connectivity index (χ1n) is 6.22. The van der Waals surface area contributed by atoms with Crippen LogP contribution in [0.4, 0.5) is 0 Å². The number of hydrogen-bond acceptors (Lipinski definition) is 3. The molecule has 0 aliphatic carbocycles. The number of hydrogen-bond donors (Lipinski definition) is 2. The van der Waals surface area contributed by atoms with Crippen molar-refractivity contribution in [1.29, 1.82) is 0 Å². The van der Waals surface area contributed by atoms with Crippen LogP contribution in [0.2, 0.25) is 0 Å². The smallest absolute Gasteiger partial charge is 0.0657 e. The molecule has 1 aromatic carbocycles. The van der Waals surface area contributed by atoms with E-state index in [2.05, 4.69) is 24.4 Å². The van der Waals surface area contributed by atoms with Crippen LogP contribution in [-0.2, 0) is 4.74 Å².